The molecule has 21 heavy (non-hydrogen) atoms. The molecule has 0 N–H and O–H groups in total. The molecular weight excluding hydrogens is 290 g/mol. The number of ether oxygens (including phenoxy) is 2. The minimum absolute atomic E-state index is 0.0995. The van der Waals surface area contributed by atoms with Gasteiger partial charge >= 0.3 is 0 Å². The molecule has 1 atom stereocenters. The van der Waals surface area contributed by atoms with E-state index in [1.807, 2.05) is 31.2 Å². The van der Waals surface area contributed by atoms with Crippen LogP contribution < -0.4 is 4.74 Å². The highest BCUT2D eigenvalue weighted by Crippen LogP contribution is 2.18. The first-order valence-corrected chi connectivity index (χ1v) is 8.88. The molecule has 0 aromatic heterocycles. The fourth-order valence-electron chi connectivity index (χ4n) is 2.52. The van der Waals surface area contributed by atoms with Gasteiger partial charge in [-0.25, -0.2) is 8.42 Å². The summed E-state index contributed by atoms with van der Waals surface area (Å²) in [5.74, 6) is 1.01. The van der Waals surface area contributed by atoms with Crippen LogP contribution in [-0.4, -0.2) is 51.4 Å². The van der Waals surface area contributed by atoms with Crippen molar-refractivity contribution < 1.29 is 17.9 Å². The topological polar surface area (TPSA) is 55.8 Å². The molecule has 0 saturated carbocycles. The normalized spacial score (nSPS) is 20.4. The first kappa shape index (κ1) is 16.3. The van der Waals surface area contributed by atoms with Crippen molar-refractivity contribution >= 4 is 10.0 Å². The van der Waals surface area contributed by atoms with E-state index in [0.29, 0.717) is 32.5 Å². The Morgan fingerprint density at radius 3 is 2.95 bits per heavy atom. The van der Waals surface area contributed by atoms with Gasteiger partial charge in [-0.3, -0.25) is 0 Å². The minimum Gasteiger partial charge on any atom is -0.497 e. The third kappa shape index (κ3) is 4.43. The van der Waals surface area contributed by atoms with Gasteiger partial charge in [0.25, 0.3) is 0 Å². The quantitative estimate of drug-likeness (QED) is 0.802. The number of methoxy groups -OCH3 is 1. The zero-order valence-corrected chi connectivity index (χ0v) is 13.4. The van der Waals surface area contributed by atoms with E-state index in [0.717, 1.165) is 11.3 Å². The summed E-state index contributed by atoms with van der Waals surface area (Å²) >= 11 is 0. The molecule has 1 saturated heterocycles. The molecule has 1 aromatic carbocycles. The molecule has 0 unspecified atom stereocenters. The van der Waals surface area contributed by atoms with Crippen LogP contribution in [0.5, 0.6) is 5.75 Å². The number of hydrogen-bond donors (Lipinski definition) is 0. The van der Waals surface area contributed by atoms with Gasteiger partial charge in [-0.2, -0.15) is 4.31 Å². The maximum Gasteiger partial charge on any atom is 0.214 e. The molecule has 0 bridgehead atoms. The summed E-state index contributed by atoms with van der Waals surface area (Å²) < 4.78 is 36.7. The molecule has 1 fully saturated rings. The Balaban J connectivity index is 2.01. The summed E-state index contributed by atoms with van der Waals surface area (Å²) in [7, 11) is -1.51. The Hall–Kier alpha value is -1.11. The van der Waals surface area contributed by atoms with E-state index >= 15 is 0 Å². The molecule has 5 nitrogen and oxygen atoms in total. The molecule has 118 valence electrons. The summed E-state index contributed by atoms with van der Waals surface area (Å²) in [5, 5.41) is 0. The minimum atomic E-state index is -3.14. The number of hydrogen-bond acceptors (Lipinski definition) is 4. The lowest BCUT2D eigenvalue weighted by Crippen LogP contribution is -2.47. The average Bonchev–Trinajstić information content (AvgIpc) is 2.48. The molecule has 0 radical (unpaired) electrons. The number of nitrogens with zero attached hydrogens (tertiary/aromatic N) is 1. The predicted octanol–water partition coefficient (Wildman–Crippen LogP) is 1.68. The summed E-state index contributed by atoms with van der Waals surface area (Å²) in [6, 6.07) is 7.79. The summed E-state index contributed by atoms with van der Waals surface area (Å²) in [6.45, 7) is 3.22. The first-order valence-electron chi connectivity index (χ1n) is 7.27. The number of morpholine rings is 1. The molecule has 0 spiro atoms. The second-order valence-corrected chi connectivity index (χ2v) is 7.31. The third-order valence-electron chi connectivity index (χ3n) is 3.55. The van der Waals surface area contributed by atoms with E-state index in [4.69, 9.17) is 9.47 Å². The van der Waals surface area contributed by atoms with Gasteiger partial charge in [-0.05, 0) is 24.1 Å². The lowest BCUT2D eigenvalue weighted by atomic mass is 10.1. The predicted molar refractivity (Wildman–Crippen MR) is 82.1 cm³/mol. The Morgan fingerprint density at radius 2 is 2.24 bits per heavy atom. The highest BCUT2D eigenvalue weighted by Gasteiger charge is 2.28. The van der Waals surface area contributed by atoms with Crippen molar-refractivity contribution in [1.29, 1.82) is 0 Å². The molecule has 0 amide bonds. The van der Waals surface area contributed by atoms with Gasteiger partial charge < -0.3 is 9.47 Å². The maximum absolute atomic E-state index is 12.1. The summed E-state index contributed by atoms with van der Waals surface area (Å²) in [5.41, 5.74) is 1.09. The Morgan fingerprint density at radius 1 is 1.43 bits per heavy atom. The van der Waals surface area contributed by atoms with Gasteiger partial charge in [-0.1, -0.05) is 19.1 Å². The van der Waals surface area contributed by atoms with Gasteiger partial charge in [0, 0.05) is 19.5 Å². The van der Waals surface area contributed by atoms with Gasteiger partial charge in [0.15, 0.2) is 0 Å². The molecule has 0 aliphatic carbocycles. The Bertz CT molecular complexity index is 559. The largest absolute Gasteiger partial charge is 0.497 e. The van der Waals surface area contributed by atoms with E-state index in [1.54, 1.807) is 11.4 Å². The van der Waals surface area contributed by atoms with Crippen LogP contribution in [0.1, 0.15) is 18.9 Å². The van der Waals surface area contributed by atoms with Crippen molar-refractivity contribution in [3.63, 3.8) is 0 Å². The zero-order valence-electron chi connectivity index (χ0n) is 12.6. The maximum atomic E-state index is 12.1. The third-order valence-corrected chi connectivity index (χ3v) is 5.60. The van der Waals surface area contributed by atoms with Crippen molar-refractivity contribution in [3.8, 4) is 5.75 Å². The van der Waals surface area contributed by atoms with E-state index in [2.05, 4.69) is 0 Å². The first-order chi connectivity index (χ1) is 10.0. The Labute approximate surface area is 126 Å². The molecule has 6 heteroatoms. The number of sulfonamides is 1. The van der Waals surface area contributed by atoms with Crippen molar-refractivity contribution in [1.82, 2.24) is 4.31 Å². The highest BCUT2D eigenvalue weighted by molar-refractivity contribution is 7.89. The van der Waals surface area contributed by atoms with E-state index < -0.39 is 10.0 Å². The van der Waals surface area contributed by atoms with Crippen LogP contribution in [0.2, 0.25) is 0 Å². The van der Waals surface area contributed by atoms with Crippen molar-refractivity contribution in [2.75, 3.05) is 32.6 Å². The van der Waals surface area contributed by atoms with Crippen LogP contribution in [0.3, 0.4) is 0 Å². The molecule has 1 aromatic rings. The Kier molecular flexibility index (Phi) is 5.61. The monoisotopic (exact) mass is 313 g/mol. The second-order valence-electron chi connectivity index (χ2n) is 5.22. The van der Waals surface area contributed by atoms with Crippen LogP contribution in [0.15, 0.2) is 24.3 Å². The highest BCUT2D eigenvalue weighted by atomic mass is 32.2. The SMILES string of the molecule is CCCS(=O)(=O)N1CCO[C@H](Cc2cccc(OC)c2)C1. The lowest BCUT2D eigenvalue weighted by Gasteiger charge is -2.32. The molecular formula is C15H23NO4S. The van der Waals surface area contributed by atoms with Gasteiger partial charge in [0.05, 0.1) is 25.6 Å². The van der Waals surface area contributed by atoms with Crippen LogP contribution in [0, 0.1) is 0 Å². The van der Waals surface area contributed by atoms with E-state index in [9.17, 15) is 8.42 Å². The number of rotatable bonds is 6. The van der Waals surface area contributed by atoms with Gasteiger partial charge in [0.2, 0.25) is 10.0 Å². The van der Waals surface area contributed by atoms with Crippen LogP contribution >= 0.6 is 0 Å². The second kappa shape index (κ2) is 7.24. The van der Waals surface area contributed by atoms with Gasteiger partial charge in [0.1, 0.15) is 5.75 Å². The standard InChI is InChI=1S/C15H23NO4S/c1-3-9-21(17,18)16-7-8-20-15(12-16)11-13-5-4-6-14(10-13)19-2/h4-6,10,15H,3,7-9,11-12H2,1-2H3/t15-/m1/s1. The smallest absolute Gasteiger partial charge is 0.214 e. The van der Waals surface area contributed by atoms with Crippen LogP contribution in [0.25, 0.3) is 0 Å². The molecule has 1 aliphatic heterocycles. The molecule has 1 aliphatic rings. The molecule has 1 heterocycles. The average molecular weight is 313 g/mol. The molecule has 2 rings (SSSR count). The van der Waals surface area contributed by atoms with E-state index in [-0.39, 0.29) is 11.9 Å². The van der Waals surface area contributed by atoms with Gasteiger partial charge in [-0.15, -0.1) is 0 Å². The fourth-order valence-corrected chi connectivity index (χ4v) is 4.04. The fraction of sp³-hybridized carbons (Fsp3) is 0.600. The van der Waals surface area contributed by atoms with Crippen molar-refractivity contribution in [2.45, 2.75) is 25.9 Å². The summed E-state index contributed by atoms with van der Waals surface area (Å²) in [6.07, 6.45) is 1.23. The lowest BCUT2D eigenvalue weighted by molar-refractivity contribution is -0.000497. The van der Waals surface area contributed by atoms with Crippen molar-refractivity contribution in [3.05, 3.63) is 29.8 Å². The zero-order chi connectivity index (χ0) is 15.3. The van der Waals surface area contributed by atoms with E-state index in [1.165, 1.54) is 0 Å². The summed E-state index contributed by atoms with van der Waals surface area (Å²) in [4.78, 5) is 0. The van der Waals surface area contributed by atoms with Crippen LogP contribution in [0.4, 0.5) is 0 Å². The van der Waals surface area contributed by atoms with Crippen molar-refractivity contribution in [2.24, 2.45) is 0 Å². The number of benzene rings is 1. The van der Waals surface area contributed by atoms with Crippen LogP contribution in [-0.2, 0) is 21.2 Å².